The average molecular weight is 328 g/mol. The van der Waals surface area contributed by atoms with Crippen molar-refractivity contribution in [3.05, 3.63) is 59.8 Å². The lowest BCUT2D eigenvalue weighted by atomic mass is 10.1. The molecular formula is C19H21FN2O2. The summed E-state index contributed by atoms with van der Waals surface area (Å²) in [5, 5.41) is 0. The maximum atomic E-state index is 13.0. The Hall–Kier alpha value is -2.14. The fraction of sp³-hybridized carbons (Fsp3) is 0.421. The number of hydrogen-bond donors (Lipinski definition) is 0. The molecule has 24 heavy (non-hydrogen) atoms. The minimum atomic E-state index is -0.227. The summed E-state index contributed by atoms with van der Waals surface area (Å²) in [7, 11) is 0. The zero-order valence-electron chi connectivity index (χ0n) is 13.5. The standard InChI is InChI=1S/C19H21FN2O2/c20-15-5-3-14(4-6-15)17-12-18(17)19(23)22-9-7-21(8-10-22)13-16-2-1-11-24-16/h1-6,11,17-18H,7-10,12-13H2. The van der Waals surface area contributed by atoms with E-state index < -0.39 is 0 Å². The number of carbonyl (C=O) groups excluding carboxylic acids is 1. The third-order valence-electron chi connectivity index (χ3n) is 5.05. The molecule has 0 bridgehead atoms. The van der Waals surface area contributed by atoms with Gasteiger partial charge in [0.15, 0.2) is 0 Å². The van der Waals surface area contributed by atoms with Gasteiger partial charge in [-0.05, 0) is 42.2 Å². The summed E-state index contributed by atoms with van der Waals surface area (Å²) in [6.07, 6.45) is 2.58. The van der Waals surface area contributed by atoms with Gasteiger partial charge in [-0.25, -0.2) is 4.39 Å². The molecule has 1 aromatic carbocycles. The SMILES string of the molecule is O=C(C1CC1c1ccc(F)cc1)N1CCN(Cc2ccco2)CC1. The van der Waals surface area contributed by atoms with Gasteiger partial charge in [-0.15, -0.1) is 0 Å². The molecule has 1 saturated heterocycles. The monoisotopic (exact) mass is 328 g/mol. The van der Waals surface area contributed by atoms with Crippen LogP contribution in [0.3, 0.4) is 0 Å². The van der Waals surface area contributed by atoms with Crippen molar-refractivity contribution in [2.24, 2.45) is 5.92 Å². The number of furan rings is 1. The molecule has 126 valence electrons. The van der Waals surface area contributed by atoms with Crippen LogP contribution in [-0.4, -0.2) is 41.9 Å². The molecular weight excluding hydrogens is 307 g/mol. The first-order chi connectivity index (χ1) is 11.7. The van der Waals surface area contributed by atoms with Crippen LogP contribution in [0.5, 0.6) is 0 Å². The topological polar surface area (TPSA) is 36.7 Å². The Kier molecular flexibility index (Phi) is 4.10. The Morgan fingerprint density at radius 2 is 1.88 bits per heavy atom. The van der Waals surface area contributed by atoms with Crippen LogP contribution in [0.2, 0.25) is 0 Å². The molecule has 1 aliphatic carbocycles. The third kappa shape index (κ3) is 3.22. The Morgan fingerprint density at radius 3 is 2.54 bits per heavy atom. The fourth-order valence-corrected chi connectivity index (χ4v) is 3.53. The first-order valence-corrected chi connectivity index (χ1v) is 8.50. The molecule has 4 rings (SSSR count). The van der Waals surface area contributed by atoms with E-state index in [2.05, 4.69) is 4.90 Å². The van der Waals surface area contributed by atoms with E-state index in [1.54, 1.807) is 18.4 Å². The first kappa shape index (κ1) is 15.4. The molecule has 1 saturated carbocycles. The van der Waals surface area contributed by atoms with E-state index in [1.807, 2.05) is 17.0 Å². The number of amides is 1. The summed E-state index contributed by atoms with van der Waals surface area (Å²) < 4.78 is 18.4. The molecule has 2 unspecified atom stereocenters. The molecule has 5 heteroatoms. The number of carbonyl (C=O) groups is 1. The Balaban J connectivity index is 1.28. The molecule has 1 amide bonds. The molecule has 2 fully saturated rings. The Bertz CT molecular complexity index is 691. The number of rotatable bonds is 4. The van der Waals surface area contributed by atoms with Gasteiger partial charge >= 0.3 is 0 Å². The minimum Gasteiger partial charge on any atom is -0.468 e. The van der Waals surface area contributed by atoms with Crippen LogP contribution in [0.4, 0.5) is 4.39 Å². The largest absolute Gasteiger partial charge is 0.468 e. The highest BCUT2D eigenvalue weighted by Gasteiger charge is 2.46. The maximum Gasteiger partial charge on any atom is 0.226 e. The van der Waals surface area contributed by atoms with E-state index in [4.69, 9.17) is 4.42 Å². The summed E-state index contributed by atoms with van der Waals surface area (Å²) in [5.74, 6) is 1.33. The van der Waals surface area contributed by atoms with Crippen molar-refractivity contribution in [1.82, 2.24) is 9.80 Å². The molecule has 2 atom stereocenters. The van der Waals surface area contributed by atoms with E-state index in [1.165, 1.54) is 12.1 Å². The van der Waals surface area contributed by atoms with Crippen LogP contribution in [0, 0.1) is 11.7 Å². The van der Waals surface area contributed by atoms with E-state index in [0.717, 1.165) is 50.5 Å². The van der Waals surface area contributed by atoms with Gasteiger partial charge < -0.3 is 9.32 Å². The normalized spacial score (nSPS) is 24.1. The van der Waals surface area contributed by atoms with Gasteiger partial charge in [0, 0.05) is 32.1 Å². The predicted octanol–water partition coefficient (Wildman–Crippen LogP) is 2.87. The van der Waals surface area contributed by atoms with Crippen LogP contribution >= 0.6 is 0 Å². The van der Waals surface area contributed by atoms with Gasteiger partial charge in [0.2, 0.25) is 5.91 Å². The first-order valence-electron chi connectivity index (χ1n) is 8.50. The highest BCUT2D eigenvalue weighted by Crippen LogP contribution is 2.48. The van der Waals surface area contributed by atoms with Crippen molar-refractivity contribution in [3.63, 3.8) is 0 Å². The Labute approximate surface area is 140 Å². The summed E-state index contributed by atoms with van der Waals surface area (Å²) in [4.78, 5) is 16.9. The third-order valence-corrected chi connectivity index (χ3v) is 5.05. The second kappa shape index (κ2) is 6.40. The number of hydrogen-bond acceptors (Lipinski definition) is 3. The van der Waals surface area contributed by atoms with Crippen molar-refractivity contribution < 1.29 is 13.6 Å². The van der Waals surface area contributed by atoms with E-state index in [9.17, 15) is 9.18 Å². The molecule has 2 aliphatic rings. The van der Waals surface area contributed by atoms with Crippen molar-refractivity contribution in [1.29, 1.82) is 0 Å². The zero-order chi connectivity index (χ0) is 16.5. The van der Waals surface area contributed by atoms with Crippen molar-refractivity contribution in [2.45, 2.75) is 18.9 Å². The van der Waals surface area contributed by atoms with E-state index >= 15 is 0 Å². The second-order valence-electron chi connectivity index (χ2n) is 6.68. The van der Waals surface area contributed by atoms with Gasteiger partial charge in [-0.3, -0.25) is 9.69 Å². The van der Waals surface area contributed by atoms with E-state index in [-0.39, 0.29) is 23.6 Å². The fourth-order valence-electron chi connectivity index (χ4n) is 3.53. The molecule has 0 radical (unpaired) electrons. The van der Waals surface area contributed by atoms with Crippen LogP contribution in [0.25, 0.3) is 0 Å². The summed E-state index contributed by atoms with van der Waals surface area (Å²) >= 11 is 0. The zero-order valence-corrected chi connectivity index (χ0v) is 13.5. The lowest BCUT2D eigenvalue weighted by molar-refractivity contribution is -0.134. The number of nitrogens with zero attached hydrogens (tertiary/aromatic N) is 2. The molecule has 1 aromatic heterocycles. The molecule has 0 spiro atoms. The molecule has 2 heterocycles. The Morgan fingerprint density at radius 1 is 1.12 bits per heavy atom. The summed E-state index contributed by atoms with van der Waals surface area (Å²) in [6, 6.07) is 10.4. The van der Waals surface area contributed by atoms with E-state index in [0.29, 0.717) is 0 Å². The average Bonchev–Trinajstić information content (AvgIpc) is 3.24. The quantitative estimate of drug-likeness (QED) is 0.866. The predicted molar refractivity (Wildman–Crippen MR) is 87.8 cm³/mol. The molecule has 4 nitrogen and oxygen atoms in total. The lowest BCUT2D eigenvalue weighted by Crippen LogP contribution is -2.48. The van der Waals surface area contributed by atoms with Crippen LogP contribution in [0.15, 0.2) is 47.1 Å². The highest BCUT2D eigenvalue weighted by atomic mass is 19.1. The number of benzene rings is 1. The van der Waals surface area contributed by atoms with Crippen molar-refractivity contribution >= 4 is 5.91 Å². The smallest absolute Gasteiger partial charge is 0.226 e. The van der Waals surface area contributed by atoms with Crippen molar-refractivity contribution in [3.8, 4) is 0 Å². The van der Waals surface area contributed by atoms with Crippen molar-refractivity contribution in [2.75, 3.05) is 26.2 Å². The van der Waals surface area contributed by atoms with Gasteiger partial charge in [0.25, 0.3) is 0 Å². The van der Waals surface area contributed by atoms with Gasteiger partial charge in [0.1, 0.15) is 11.6 Å². The van der Waals surface area contributed by atoms with Gasteiger partial charge in [0.05, 0.1) is 12.8 Å². The lowest BCUT2D eigenvalue weighted by Gasteiger charge is -2.34. The second-order valence-corrected chi connectivity index (χ2v) is 6.68. The summed E-state index contributed by atoms with van der Waals surface area (Å²) in [6.45, 7) is 4.09. The maximum absolute atomic E-state index is 13.0. The summed E-state index contributed by atoms with van der Waals surface area (Å²) in [5.41, 5.74) is 1.08. The number of piperazine rings is 1. The minimum absolute atomic E-state index is 0.0760. The number of halogens is 1. The van der Waals surface area contributed by atoms with Gasteiger partial charge in [-0.1, -0.05) is 12.1 Å². The molecule has 2 aromatic rings. The molecule has 0 N–H and O–H groups in total. The van der Waals surface area contributed by atoms with Gasteiger partial charge in [-0.2, -0.15) is 0 Å². The molecule has 1 aliphatic heterocycles. The van der Waals surface area contributed by atoms with Crippen LogP contribution < -0.4 is 0 Å². The highest BCUT2D eigenvalue weighted by molar-refractivity contribution is 5.83. The van der Waals surface area contributed by atoms with Crippen LogP contribution in [-0.2, 0) is 11.3 Å². The van der Waals surface area contributed by atoms with Crippen LogP contribution in [0.1, 0.15) is 23.7 Å².